The van der Waals surface area contributed by atoms with E-state index in [1.807, 2.05) is 0 Å². The van der Waals surface area contributed by atoms with Crippen LogP contribution in [0.1, 0.15) is 13.8 Å². The first-order valence-corrected chi connectivity index (χ1v) is 4.85. The summed E-state index contributed by atoms with van der Waals surface area (Å²) < 4.78 is 15.5. The predicted octanol–water partition coefficient (Wildman–Crippen LogP) is -0.394. The summed E-state index contributed by atoms with van der Waals surface area (Å²) >= 11 is 0. The molecular formula is C9H15NO5. The fraction of sp³-hybridized carbons (Fsp3) is 0.889. The van der Waals surface area contributed by atoms with Crippen molar-refractivity contribution in [3.8, 4) is 0 Å². The molecule has 2 aliphatic heterocycles. The van der Waals surface area contributed by atoms with Gasteiger partial charge in [0.2, 0.25) is 0 Å². The second-order valence-corrected chi connectivity index (χ2v) is 4.09. The van der Waals surface area contributed by atoms with Crippen LogP contribution >= 0.6 is 0 Å². The Morgan fingerprint density at radius 3 is 2.87 bits per heavy atom. The SMILES string of the molecule is CO[C@@H]1O[C@@H](C)[C@H]2NC(=O)O[C@@]2(C)[C@H]1O. The highest BCUT2D eigenvalue weighted by atomic mass is 16.7. The third kappa shape index (κ3) is 1.40. The summed E-state index contributed by atoms with van der Waals surface area (Å²) in [5, 5.41) is 12.6. The molecule has 0 unspecified atom stereocenters. The van der Waals surface area contributed by atoms with Gasteiger partial charge in [0.25, 0.3) is 0 Å². The minimum atomic E-state index is -0.998. The highest BCUT2D eigenvalue weighted by Gasteiger charge is 2.59. The number of methoxy groups -OCH3 is 1. The summed E-state index contributed by atoms with van der Waals surface area (Å²) in [5.74, 6) is 0. The van der Waals surface area contributed by atoms with Gasteiger partial charge < -0.3 is 24.6 Å². The molecule has 0 spiro atoms. The van der Waals surface area contributed by atoms with E-state index in [0.717, 1.165) is 0 Å². The quantitative estimate of drug-likeness (QED) is 0.625. The number of hydrogen-bond donors (Lipinski definition) is 2. The maximum atomic E-state index is 11.2. The molecule has 0 aromatic carbocycles. The number of carbonyl (C=O) groups is 1. The Hall–Kier alpha value is -0.850. The molecule has 0 aromatic rings. The fourth-order valence-electron chi connectivity index (χ4n) is 2.21. The van der Waals surface area contributed by atoms with Crippen LogP contribution in [0.2, 0.25) is 0 Å². The third-order valence-electron chi connectivity index (χ3n) is 3.10. The first-order chi connectivity index (χ1) is 6.99. The van der Waals surface area contributed by atoms with Gasteiger partial charge in [-0.3, -0.25) is 0 Å². The van der Waals surface area contributed by atoms with Crippen LogP contribution in [-0.2, 0) is 14.2 Å². The molecule has 2 saturated heterocycles. The molecule has 0 aliphatic carbocycles. The number of nitrogens with one attached hydrogen (secondary N) is 1. The molecule has 6 heteroatoms. The Morgan fingerprint density at radius 2 is 2.27 bits per heavy atom. The third-order valence-corrected chi connectivity index (χ3v) is 3.10. The summed E-state index contributed by atoms with van der Waals surface area (Å²) in [6.07, 6.45) is -2.57. The number of alkyl carbamates (subject to hydrolysis) is 1. The van der Waals surface area contributed by atoms with Crippen LogP contribution in [0, 0.1) is 0 Å². The molecular weight excluding hydrogens is 202 g/mol. The van der Waals surface area contributed by atoms with Gasteiger partial charge in [-0.2, -0.15) is 0 Å². The number of carbonyl (C=O) groups excluding carboxylic acids is 1. The first kappa shape index (κ1) is 10.7. The predicted molar refractivity (Wildman–Crippen MR) is 49.2 cm³/mol. The number of aliphatic hydroxyl groups excluding tert-OH is 1. The second-order valence-electron chi connectivity index (χ2n) is 4.09. The van der Waals surface area contributed by atoms with Crippen molar-refractivity contribution in [3.05, 3.63) is 0 Å². The highest BCUT2D eigenvalue weighted by Crippen LogP contribution is 2.36. The molecule has 2 fully saturated rings. The van der Waals surface area contributed by atoms with Crippen molar-refractivity contribution < 1.29 is 24.1 Å². The number of rotatable bonds is 1. The van der Waals surface area contributed by atoms with E-state index < -0.39 is 24.1 Å². The van der Waals surface area contributed by atoms with Gasteiger partial charge in [0, 0.05) is 7.11 Å². The maximum absolute atomic E-state index is 11.2. The summed E-state index contributed by atoms with van der Waals surface area (Å²) in [6, 6.07) is -0.355. The van der Waals surface area contributed by atoms with Crippen molar-refractivity contribution in [1.29, 1.82) is 0 Å². The molecule has 2 N–H and O–H groups in total. The lowest BCUT2D eigenvalue weighted by Gasteiger charge is -2.44. The fourth-order valence-corrected chi connectivity index (χ4v) is 2.21. The lowest BCUT2D eigenvalue weighted by atomic mass is 9.85. The molecule has 0 bridgehead atoms. The Labute approximate surface area is 87.5 Å². The zero-order chi connectivity index (χ0) is 11.2. The van der Waals surface area contributed by atoms with Gasteiger partial charge in [0.15, 0.2) is 11.9 Å². The van der Waals surface area contributed by atoms with Crippen molar-refractivity contribution in [2.45, 2.75) is 44.0 Å². The van der Waals surface area contributed by atoms with E-state index in [2.05, 4.69) is 5.32 Å². The molecule has 0 radical (unpaired) electrons. The van der Waals surface area contributed by atoms with E-state index in [-0.39, 0.29) is 12.1 Å². The normalized spacial score (nSPS) is 49.5. The Bertz CT molecular complexity index is 284. The maximum Gasteiger partial charge on any atom is 0.408 e. The Balaban J connectivity index is 2.28. The Morgan fingerprint density at radius 1 is 1.60 bits per heavy atom. The summed E-state index contributed by atoms with van der Waals surface area (Å²) in [6.45, 7) is 3.47. The van der Waals surface area contributed by atoms with Crippen molar-refractivity contribution in [1.82, 2.24) is 5.32 Å². The van der Waals surface area contributed by atoms with Crippen molar-refractivity contribution >= 4 is 6.09 Å². The molecule has 0 aromatic heterocycles. The molecule has 6 nitrogen and oxygen atoms in total. The van der Waals surface area contributed by atoms with Gasteiger partial charge in [0.1, 0.15) is 12.1 Å². The highest BCUT2D eigenvalue weighted by molar-refractivity contribution is 5.71. The number of fused-ring (bicyclic) bond motifs is 1. The van der Waals surface area contributed by atoms with Crippen LogP contribution in [-0.4, -0.2) is 48.5 Å². The number of amides is 1. The van der Waals surface area contributed by atoms with Crippen molar-refractivity contribution in [2.24, 2.45) is 0 Å². The monoisotopic (exact) mass is 217 g/mol. The minimum Gasteiger partial charge on any atom is -0.438 e. The Kier molecular flexibility index (Phi) is 2.37. The standard InChI is InChI=1S/C9H15NO5/c1-4-5-9(2,15-8(12)10-5)6(11)7(13-3)14-4/h4-7,11H,1-3H3,(H,10,12)/t4-,5+,6-,7+,9+/m0/s1. The number of ether oxygens (including phenoxy) is 3. The van der Waals surface area contributed by atoms with Gasteiger partial charge >= 0.3 is 6.09 Å². The van der Waals surface area contributed by atoms with Gasteiger partial charge in [-0.25, -0.2) is 4.79 Å². The molecule has 5 atom stereocenters. The largest absolute Gasteiger partial charge is 0.438 e. The van der Waals surface area contributed by atoms with Crippen LogP contribution in [0.15, 0.2) is 0 Å². The lowest BCUT2D eigenvalue weighted by Crippen LogP contribution is -2.65. The number of aliphatic hydroxyl groups is 1. The lowest BCUT2D eigenvalue weighted by molar-refractivity contribution is -0.277. The molecule has 2 aliphatic rings. The van der Waals surface area contributed by atoms with Crippen LogP contribution in [0.4, 0.5) is 4.79 Å². The van der Waals surface area contributed by atoms with Crippen molar-refractivity contribution in [3.63, 3.8) is 0 Å². The minimum absolute atomic E-state index is 0.269. The van der Waals surface area contributed by atoms with E-state index in [1.54, 1.807) is 13.8 Å². The summed E-state index contributed by atoms with van der Waals surface area (Å²) in [7, 11) is 1.44. The van der Waals surface area contributed by atoms with E-state index >= 15 is 0 Å². The molecule has 1 amide bonds. The molecule has 86 valence electrons. The van der Waals surface area contributed by atoms with E-state index in [9.17, 15) is 9.90 Å². The smallest absolute Gasteiger partial charge is 0.408 e. The number of hydrogen-bond acceptors (Lipinski definition) is 5. The first-order valence-electron chi connectivity index (χ1n) is 4.85. The topological polar surface area (TPSA) is 77.0 Å². The average molecular weight is 217 g/mol. The summed E-state index contributed by atoms with van der Waals surface area (Å²) in [5.41, 5.74) is -0.991. The average Bonchev–Trinajstić information content (AvgIpc) is 2.49. The van der Waals surface area contributed by atoms with Gasteiger partial charge in [-0.1, -0.05) is 0 Å². The van der Waals surface area contributed by atoms with Crippen LogP contribution in [0.3, 0.4) is 0 Å². The van der Waals surface area contributed by atoms with E-state index in [1.165, 1.54) is 7.11 Å². The van der Waals surface area contributed by atoms with E-state index in [0.29, 0.717) is 0 Å². The van der Waals surface area contributed by atoms with Crippen LogP contribution < -0.4 is 5.32 Å². The van der Waals surface area contributed by atoms with E-state index in [4.69, 9.17) is 14.2 Å². The second kappa shape index (κ2) is 3.33. The molecule has 2 rings (SSSR count). The van der Waals surface area contributed by atoms with Crippen LogP contribution in [0.5, 0.6) is 0 Å². The molecule has 2 heterocycles. The van der Waals surface area contributed by atoms with Gasteiger partial charge in [0.05, 0.1) is 6.10 Å². The van der Waals surface area contributed by atoms with Crippen LogP contribution in [0.25, 0.3) is 0 Å². The van der Waals surface area contributed by atoms with Crippen molar-refractivity contribution in [2.75, 3.05) is 7.11 Å². The van der Waals surface area contributed by atoms with Gasteiger partial charge in [-0.05, 0) is 13.8 Å². The molecule has 0 saturated carbocycles. The van der Waals surface area contributed by atoms with Gasteiger partial charge in [-0.15, -0.1) is 0 Å². The summed E-state index contributed by atoms with van der Waals surface area (Å²) in [4.78, 5) is 11.2. The zero-order valence-electron chi connectivity index (χ0n) is 8.89. The molecule has 15 heavy (non-hydrogen) atoms. The zero-order valence-corrected chi connectivity index (χ0v) is 8.89.